The van der Waals surface area contributed by atoms with Crippen LogP contribution < -0.4 is 5.32 Å². The monoisotopic (exact) mass is 289 g/mol. The number of aryl methyl sites for hydroxylation is 1. The Morgan fingerprint density at radius 2 is 2.20 bits per heavy atom. The highest BCUT2D eigenvalue weighted by Gasteiger charge is 2.10. The molecule has 86 valence electrons. The lowest BCUT2D eigenvalue weighted by Gasteiger charge is -2.19. The maximum Gasteiger partial charge on any atom is 0.0285 e. The van der Waals surface area contributed by atoms with E-state index >= 15 is 0 Å². The first kappa shape index (κ1) is 13.2. The predicted molar refractivity (Wildman–Crippen MR) is 72.6 cm³/mol. The fourth-order valence-corrected chi connectivity index (χ4v) is 3.29. The summed E-state index contributed by atoms with van der Waals surface area (Å²) < 4.78 is 1.22. The molecule has 0 aliphatic heterocycles. The molecule has 1 N–H and O–H groups in total. The van der Waals surface area contributed by atoms with Gasteiger partial charge in [-0.1, -0.05) is 13.8 Å². The average Bonchev–Trinajstić information content (AvgIpc) is 2.58. The van der Waals surface area contributed by atoms with Gasteiger partial charge >= 0.3 is 0 Å². The molecular weight excluding hydrogens is 270 g/mol. The molecule has 0 aromatic carbocycles. The summed E-state index contributed by atoms with van der Waals surface area (Å²) >= 11 is 5.34. The molecule has 0 saturated heterocycles. The third kappa shape index (κ3) is 4.66. The minimum absolute atomic E-state index is 0.661. The Balaban J connectivity index is 2.26. The van der Waals surface area contributed by atoms with Gasteiger partial charge in [0.25, 0.3) is 0 Å². The van der Waals surface area contributed by atoms with Crippen LogP contribution in [0.4, 0.5) is 0 Å². The minimum atomic E-state index is 0.661. The molecule has 1 rings (SSSR count). The Bertz CT molecular complexity index is 283. The summed E-state index contributed by atoms with van der Waals surface area (Å²) in [5.41, 5.74) is 0. The highest BCUT2D eigenvalue weighted by Crippen LogP contribution is 2.22. The van der Waals surface area contributed by atoms with Crippen LogP contribution in [0.2, 0.25) is 0 Å². The van der Waals surface area contributed by atoms with Crippen molar-refractivity contribution in [2.24, 2.45) is 5.92 Å². The lowest BCUT2D eigenvalue weighted by Crippen LogP contribution is -2.30. The van der Waals surface area contributed by atoms with E-state index in [0.29, 0.717) is 6.04 Å². The van der Waals surface area contributed by atoms with Gasteiger partial charge in [0, 0.05) is 20.8 Å². The second kappa shape index (κ2) is 6.66. The molecule has 0 fully saturated rings. The highest BCUT2D eigenvalue weighted by atomic mass is 79.9. The highest BCUT2D eigenvalue weighted by molar-refractivity contribution is 9.10. The van der Waals surface area contributed by atoms with E-state index in [0.717, 1.165) is 5.92 Å². The maximum atomic E-state index is 3.49. The average molecular weight is 290 g/mol. The number of hydrogen-bond donors (Lipinski definition) is 1. The van der Waals surface area contributed by atoms with Gasteiger partial charge in [-0.25, -0.2) is 0 Å². The van der Waals surface area contributed by atoms with Crippen molar-refractivity contribution >= 4 is 27.3 Å². The van der Waals surface area contributed by atoms with E-state index in [4.69, 9.17) is 0 Å². The first-order valence-corrected chi connectivity index (χ1v) is 7.21. The quantitative estimate of drug-likeness (QED) is 0.832. The van der Waals surface area contributed by atoms with Crippen molar-refractivity contribution in [1.29, 1.82) is 0 Å². The fourth-order valence-electron chi connectivity index (χ4n) is 1.79. The SMILES string of the molecule is CNC(CCCc1cc(Br)cs1)C(C)C. The summed E-state index contributed by atoms with van der Waals surface area (Å²) in [6, 6.07) is 2.89. The summed E-state index contributed by atoms with van der Waals surface area (Å²) in [6.07, 6.45) is 3.75. The van der Waals surface area contributed by atoms with E-state index in [2.05, 4.69) is 53.6 Å². The Morgan fingerprint density at radius 3 is 2.67 bits per heavy atom. The maximum absolute atomic E-state index is 3.49. The Hall–Kier alpha value is 0.140. The van der Waals surface area contributed by atoms with Gasteiger partial charge in [-0.3, -0.25) is 0 Å². The van der Waals surface area contributed by atoms with Crippen LogP contribution in [0, 0.1) is 5.92 Å². The smallest absolute Gasteiger partial charge is 0.0285 e. The second-order valence-corrected chi connectivity index (χ2v) is 6.17. The van der Waals surface area contributed by atoms with E-state index in [9.17, 15) is 0 Å². The number of thiophene rings is 1. The molecule has 3 heteroatoms. The van der Waals surface area contributed by atoms with Crippen molar-refractivity contribution in [3.8, 4) is 0 Å². The lowest BCUT2D eigenvalue weighted by molar-refractivity contribution is 0.394. The van der Waals surface area contributed by atoms with Gasteiger partial charge in [0.1, 0.15) is 0 Å². The van der Waals surface area contributed by atoms with Crippen LogP contribution in [0.5, 0.6) is 0 Å². The van der Waals surface area contributed by atoms with Crippen LogP contribution in [0.1, 0.15) is 31.6 Å². The van der Waals surface area contributed by atoms with E-state index in [1.807, 2.05) is 11.3 Å². The van der Waals surface area contributed by atoms with Crippen molar-refractivity contribution in [2.75, 3.05) is 7.05 Å². The van der Waals surface area contributed by atoms with Crippen molar-refractivity contribution < 1.29 is 0 Å². The normalized spacial score (nSPS) is 13.4. The van der Waals surface area contributed by atoms with E-state index in [1.165, 1.54) is 28.6 Å². The first-order chi connectivity index (χ1) is 7.13. The zero-order valence-corrected chi connectivity index (χ0v) is 12.1. The number of nitrogens with one attached hydrogen (secondary N) is 1. The van der Waals surface area contributed by atoms with Gasteiger partial charge in [-0.2, -0.15) is 0 Å². The molecule has 1 aromatic heterocycles. The van der Waals surface area contributed by atoms with Crippen LogP contribution in [-0.4, -0.2) is 13.1 Å². The topological polar surface area (TPSA) is 12.0 Å². The molecule has 0 saturated carbocycles. The number of rotatable bonds is 6. The predicted octanol–water partition coefficient (Wildman–Crippen LogP) is 4.08. The van der Waals surface area contributed by atoms with E-state index < -0.39 is 0 Å². The zero-order valence-electron chi connectivity index (χ0n) is 9.72. The molecule has 1 heterocycles. The summed E-state index contributed by atoms with van der Waals surface area (Å²) in [5.74, 6) is 0.727. The Labute approximate surface area is 105 Å². The van der Waals surface area contributed by atoms with Crippen LogP contribution in [-0.2, 0) is 6.42 Å². The van der Waals surface area contributed by atoms with Gasteiger partial charge in [-0.05, 0) is 54.2 Å². The minimum Gasteiger partial charge on any atom is -0.317 e. The van der Waals surface area contributed by atoms with Crippen LogP contribution in [0.3, 0.4) is 0 Å². The van der Waals surface area contributed by atoms with Crippen LogP contribution >= 0.6 is 27.3 Å². The molecule has 0 spiro atoms. The molecular formula is C12H20BrNS. The standard InChI is InChI=1S/C12H20BrNS/c1-9(2)12(14-3)6-4-5-11-7-10(13)8-15-11/h7-9,12,14H,4-6H2,1-3H3. The van der Waals surface area contributed by atoms with Crippen LogP contribution in [0.25, 0.3) is 0 Å². The van der Waals surface area contributed by atoms with Crippen molar-refractivity contribution in [2.45, 2.75) is 39.2 Å². The molecule has 0 aliphatic carbocycles. The zero-order chi connectivity index (χ0) is 11.3. The third-order valence-corrected chi connectivity index (χ3v) is 4.49. The summed E-state index contributed by atoms with van der Waals surface area (Å²) in [5, 5.41) is 5.55. The van der Waals surface area contributed by atoms with E-state index in [-0.39, 0.29) is 0 Å². The summed E-state index contributed by atoms with van der Waals surface area (Å²) in [7, 11) is 2.06. The summed E-state index contributed by atoms with van der Waals surface area (Å²) in [6.45, 7) is 4.56. The molecule has 0 amide bonds. The molecule has 0 radical (unpaired) electrons. The van der Waals surface area contributed by atoms with E-state index in [1.54, 1.807) is 0 Å². The molecule has 0 bridgehead atoms. The number of halogens is 1. The largest absolute Gasteiger partial charge is 0.317 e. The van der Waals surface area contributed by atoms with Crippen molar-refractivity contribution in [3.05, 3.63) is 20.8 Å². The van der Waals surface area contributed by atoms with Gasteiger partial charge in [0.05, 0.1) is 0 Å². The second-order valence-electron chi connectivity index (χ2n) is 4.26. The van der Waals surface area contributed by atoms with Gasteiger partial charge in [0.2, 0.25) is 0 Å². The first-order valence-electron chi connectivity index (χ1n) is 5.53. The van der Waals surface area contributed by atoms with Crippen molar-refractivity contribution in [3.63, 3.8) is 0 Å². The molecule has 1 aromatic rings. The summed E-state index contributed by atoms with van der Waals surface area (Å²) in [4.78, 5) is 1.49. The van der Waals surface area contributed by atoms with Gasteiger partial charge in [0.15, 0.2) is 0 Å². The Kier molecular flexibility index (Phi) is 5.87. The van der Waals surface area contributed by atoms with Gasteiger partial charge in [-0.15, -0.1) is 11.3 Å². The molecule has 1 atom stereocenters. The molecule has 0 aliphatic rings. The molecule has 1 nitrogen and oxygen atoms in total. The molecule has 1 unspecified atom stereocenters. The van der Waals surface area contributed by atoms with Gasteiger partial charge < -0.3 is 5.32 Å². The van der Waals surface area contributed by atoms with Crippen LogP contribution in [0.15, 0.2) is 15.9 Å². The van der Waals surface area contributed by atoms with Crippen molar-refractivity contribution in [1.82, 2.24) is 5.32 Å². The molecule has 15 heavy (non-hydrogen) atoms. The fraction of sp³-hybridized carbons (Fsp3) is 0.667. The lowest BCUT2D eigenvalue weighted by atomic mass is 9.98. The third-order valence-electron chi connectivity index (χ3n) is 2.74. The number of hydrogen-bond acceptors (Lipinski definition) is 2. The Morgan fingerprint density at radius 1 is 1.47 bits per heavy atom.